The van der Waals surface area contributed by atoms with Crippen LogP contribution in [0, 0.1) is 6.92 Å². The maximum atomic E-state index is 12.8. The lowest BCUT2D eigenvalue weighted by molar-refractivity contribution is 0.600. The van der Waals surface area contributed by atoms with Gasteiger partial charge in [0, 0.05) is 12.0 Å². The fraction of sp³-hybridized carbons (Fsp3) is 0.130. The highest BCUT2D eigenvalue weighted by Crippen LogP contribution is 2.36. The molecule has 0 amide bonds. The van der Waals surface area contributed by atoms with Crippen molar-refractivity contribution in [3.05, 3.63) is 83.2 Å². The van der Waals surface area contributed by atoms with Gasteiger partial charge in [-0.3, -0.25) is 0 Å². The average molecular weight is 401 g/mol. The third-order valence-electron chi connectivity index (χ3n) is 5.21. The first-order chi connectivity index (χ1) is 14.0. The molecule has 0 aliphatic carbocycles. The average Bonchev–Trinajstić information content (AvgIpc) is 3.23. The van der Waals surface area contributed by atoms with Crippen LogP contribution in [0.3, 0.4) is 0 Å². The molecule has 0 bridgehead atoms. The van der Waals surface area contributed by atoms with Gasteiger partial charge in [-0.25, -0.2) is 18.1 Å². The Kier molecular flexibility index (Phi) is 4.10. The minimum Gasteiger partial charge on any atom is -0.232 e. The molecule has 5 nitrogen and oxygen atoms in total. The Morgan fingerprint density at radius 1 is 0.966 bits per heavy atom. The fourth-order valence-electron chi connectivity index (χ4n) is 3.88. The van der Waals surface area contributed by atoms with Crippen LogP contribution < -0.4 is 0 Å². The van der Waals surface area contributed by atoms with E-state index in [2.05, 4.69) is 5.10 Å². The summed E-state index contributed by atoms with van der Waals surface area (Å²) >= 11 is 0. The zero-order valence-corrected chi connectivity index (χ0v) is 16.7. The lowest BCUT2D eigenvalue weighted by atomic mass is 10.1. The number of hydrogen-bond acceptors (Lipinski definition) is 4. The van der Waals surface area contributed by atoms with Gasteiger partial charge < -0.3 is 0 Å². The molecule has 0 saturated heterocycles. The smallest absolute Gasteiger partial charge is 0.181 e. The van der Waals surface area contributed by atoms with Crippen molar-refractivity contribution in [2.45, 2.75) is 18.2 Å². The summed E-state index contributed by atoms with van der Waals surface area (Å²) in [5, 5.41) is 5.47. The summed E-state index contributed by atoms with van der Waals surface area (Å²) in [6.45, 7) is 1.90. The molecule has 3 heterocycles. The Morgan fingerprint density at radius 3 is 2.38 bits per heavy atom. The lowest BCUT2D eigenvalue weighted by Gasteiger charge is -2.08. The number of fused-ring (bicyclic) bond motifs is 2. The Hall–Kier alpha value is -3.25. The van der Waals surface area contributed by atoms with E-state index in [0.29, 0.717) is 28.2 Å². The molecule has 0 radical (unpaired) electrons. The van der Waals surface area contributed by atoms with Gasteiger partial charge in [0.1, 0.15) is 0 Å². The first-order valence-electron chi connectivity index (χ1n) is 9.48. The van der Waals surface area contributed by atoms with Crippen LogP contribution in [0.2, 0.25) is 0 Å². The minimum atomic E-state index is -3.36. The van der Waals surface area contributed by atoms with E-state index in [-0.39, 0.29) is 5.75 Å². The van der Waals surface area contributed by atoms with Gasteiger partial charge in [-0.05, 0) is 24.6 Å². The Bertz CT molecular complexity index is 1360. The summed E-state index contributed by atoms with van der Waals surface area (Å²) in [6.07, 6.45) is 4.27. The molecule has 2 aromatic carbocycles. The number of pyridine rings is 1. The van der Waals surface area contributed by atoms with E-state index in [0.717, 1.165) is 22.3 Å². The number of sulfone groups is 1. The number of para-hydroxylation sites is 1. The number of aryl methyl sites for hydroxylation is 2. The van der Waals surface area contributed by atoms with Crippen LogP contribution in [0.4, 0.5) is 0 Å². The van der Waals surface area contributed by atoms with E-state index < -0.39 is 9.84 Å². The van der Waals surface area contributed by atoms with Crippen LogP contribution >= 0.6 is 0 Å². The summed E-state index contributed by atoms with van der Waals surface area (Å²) in [4.78, 5) is 5.11. The van der Waals surface area contributed by atoms with Crippen LogP contribution in [-0.4, -0.2) is 28.9 Å². The lowest BCUT2D eigenvalue weighted by Crippen LogP contribution is -2.03. The van der Waals surface area contributed by atoms with Crippen LogP contribution in [0.15, 0.2) is 65.6 Å². The first kappa shape index (κ1) is 17.8. The predicted molar refractivity (Wildman–Crippen MR) is 115 cm³/mol. The van der Waals surface area contributed by atoms with Gasteiger partial charge in [-0.2, -0.15) is 5.10 Å². The molecule has 0 spiro atoms. The van der Waals surface area contributed by atoms with Gasteiger partial charge >= 0.3 is 0 Å². The van der Waals surface area contributed by atoms with E-state index in [1.165, 1.54) is 0 Å². The molecule has 2 aromatic heterocycles. The standard InChI is InChI=1S/C23H19N3O2S/c1-16-21-19(13-12-17-8-4-2-5-9-17)22-20(14-15-29(22,27)28)24-23(21)26(25-16)18-10-6-3-7-11-18/h2-13H,14-15H2,1H3/b13-12+. The summed E-state index contributed by atoms with van der Waals surface area (Å²) in [5.74, 6) is 0.103. The van der Waals surface area contributed by atoms with Crippen molar-refractivity contribution in [2.24, 2.45) is 0 Å². The van der Waals surface area contributed by atoms with Crippen LogP contribution in [0.25, 0.3) is 28.9 Å². The molecule has 0 unspecified atom stereocenters. The molecule has 0 fully saturated rings. The third-order valence-corrected chi connectivity index (χ3v) is 7.03. The van der Waals surface area contributed by atoms with Crippen LogP contribution in [0.1, 0.15) is 22.5 Å². The zero-order chi connectivity index (χ0) is 20.0. The van der Waals surface area contributed by atoms with Crippen molar-refractivity contribution in [3.8, 4) is 5.69 Å². The molecule has 29 heavy (non-hydrogen) atoms. The second kappa shape index (κ2) is 6.67. The largest absolute Gasteiger partial charge is 0.232 e. The normalized spacial score (nSPS) is 15.2. The van der Waals surface area contributed by atoms with Crippen LogP contribution in [0.5, 0.6) is 0 Å². The fourth-order valence-corrected chi connectivity index (χ4v) is 5.56. The monoisotopic (exact) mass is 401 g/mol. The summed E-state index contributed by atoms with van der Waals surface area (Å²) in [5.41, 5.74) is 4.67. The summed E-state index contributed by atoms with van der Waals surface area (Å²) in [7, 11) is -3.36. The van der Waals surface area contributed by atoms with Gasteiger partial charge in [0.2, 0.25) is 0 Å². The molecule has 4 aromatic rings. The van der Waals surface area contributed by atoms with Crippen molar-refractivity contribution < 1.29 is 8.42 Å². The number of aromatic nitrogens is 3. The second-order valence-electron chi connectivity index (χ2n) is 7.15. The van der Waals surface area contributed by atoms with Crippen molar-refractivity contribution in [3.63, 3.8) is 0 Å². The van der Waals surface area contributed by atoms with Gasteiger partial charge in [0.25, 0.3) is 0 Å². The molecule has 0 atom stereocenters. The molecule has 1 aliphatic rings. The molecular formula is C23H19N3O2S. The SMILES string of the molecule is Cc1nn(-c2ccccc2)c2nc3c(c(/C=C/c4ccccc4)c12)S(=O)(=O)CC3. The highest BCUT2D eigenvalue weighted by atomic mass is 32.2. The number of benzene rings is 2. The first-order valence-corrected chi connectivity index (χ1v) is 11.1. The number of hydrogen-bond donors (Lipinski definition) is 0. The predicted octanol–water partition coefficient (Wildman–Crippen LogP) is 4.23. The van der Waals surface area contributed by atoms with Crippen LogP contribution in [-0.2, 0) is 16.3 Å². The molecule has 6 heteroatoms. The Morgan fingerprint density at radius 2 is 1.66 bits per heavy atom. The molecule has 0 saturated carbocycles. The van der Waals surface area contributed by atoms with Crippen molar-refractivity contribution in [1.82, 2.24) is 14.8 Å². The minimum absolute atomic E-state index is 0.103. The van der Waals surface area contributed by atoms with Gasteiger partial charge in [-0.1, -0.05) is 60.7 Å². The maximum Gasteiger partial charge on any atom is 0.181 e. The van der Waals surface area contributed by atoms with Crippen molar-refractivity contribution in [1.29, 1.82) is 0 Å². The van der Waals surface area contributed by atoms with Gasteiger partial charge in [0.15, 0.2) is 15.5 Å². The van der Waals surface area contributed by atoms with Crippen molar-refractivity contribution >= 4 is 33.0 Å². The molecule has 1 aliphatic heterocycles. The number of rotatable bonds is 3. The zero-order valence-electron chi connectivity index (χ0n) is 15.9. The molecular weight excluding hydrogens is 382 g/mol. The highest BCUT2D eigenvalue weighted by molar-refractivity contribution is 7.91. The Labute approximate surface area is 169 Å². The van der Waals surface area contributed by atoms with E-state index >= 15 is 0 Å². The van der Waals surface area contributed by atoms with E-state index in [9.17, 15) is 8.42 Å². The van der Waals surface area contributed by atoms with Gasteiger partial charge in [-0.15, -0.1) is 0 Å². The summed E-state index contributed by atoms with van der Waals surface area (Å²) < 4.78 is 27.4. The Balaban J connectivity index is 1.82. The quantitative estimate of drug-likeness (QED) is 0.515. The molecule has 144 valence electrons. The highest BCUT2D eigenvalue weighted by Gasteiger charge is 2.33. The van der Waals surface area contributed by atoms with E-state index in [4.69, 9.17) is 4.98 Å². The third kappa shape index (κ3) is 2.96. The molecule has 0 N–H and O–H groups in total. The second-order valence-corrected chi connectivity index (χ2v) is 9.19. The van der Waals surface area contributed by atoms with Crippen molar-refractivity contribution in [2.75, 3.05) is 5.75 Å². The topological polar surface area (TPSA) is 64.8 Å². The van der Waals surface area contributed by atoms with Gasteiger partial charge in [0.05, 0.1) is 33.1 Å². The maximum absolute atomic E-state index is 12.8. The number of nitrogens with zero attached hydrogens (tertiary/aromatic N) is 3. The van der Waals surface area contributed by atoms with E-state index in [1.807, 2.05) is 79.7 Å². The van der Waals surface area contributed by atoms with E-state index in [1.54, 1.807) is 4.68 Å². The molecule has 5 rings (SSSR count). The summed E-state index contributed by atoms with van der Waals surface area (Å²) in [6, 6.07) is 19.6.